The summed E-state index contributed by atoms with van der Waals surface area (Å²) in [7, 11) is 0. The van der Waals surface area contributed by atoms with Crippen molar-refractivity contribution in [1.29, 1.82) is 0 Å². The molecule has 2 heterocycles. The van der Waals surface area contributed by atoms with Crippen molar-refractivity contribution in [3.8, 4) is 0 Å². The molecule has 2 N–H and O–H groups in total. The summed E-state index contributed by atoms with van der Waals surface area (Å²) >= 11 is 6.06. The van der Waals surface area contributed by atoms with Gasteiger partial charge in [0.2, 0.25) is 5.56 Å². The van der Waals surface area contributed by atoms with E-state index in [1.54, 1.807) is 41.4 Å². The third-order valence-corrected chi connectivity index (χ3v) is 6.10. The lowest BCUT2D eigenvalue weighted by Gasteiger charge is -2.38. The molecule has 3 aromatic rings. The summed E-state index contributed by atoms with van der Waals surface area (Å²) in [6, 6.07) is 16.7. The normalized spacial score (nSPS) is 14.7. The number of piperidine rings is 1. The number of rotatable bonds is 6. The van der Waals surface area contributed by atoms with Crippen LogP contribution in [-0.4, -0.2) is 35.0 Å². The van der Waals surface area contributed by atoms with Gasteiger partial charge in [0.1, 0.15) is 5.82 Å². The number of hydrogen-bond acceptors (Lipinski definition) is 3. The van der Waals surface area contributed by atoms with Gasteiger partial charge < -0.3 is 10.3 Å². The van der Waals surface area contributed by atoms with Gasteiger partial charge in [-0.3, -0.25) is 14.6 Å². The summed E-state index contributed by atoms with van der Waals surface area (Å²) in [6.45, 7) is 2.64. The maximum Gasteiger partial charge on any atom is 0.322 e. The quantitative estimate of drug-likeness (QED) is 0.557. The molecule has 172 valence electrons. The van der Waals surface area contributed by atoms with Gasteiger partial charge in [0.05, 0.1) is 0 Å². The second-order valence-corrected chi connectivity index (χ2v) is 8.64. The lowest BCUT2D eigenvalue weighted by molar-refractivity contribution is 0.197. The molecule has 1 aliphatic rings. The van der Waals surface area contributed by atoms with E-state index in [0.717, 1.165) is 42.7 Å². The van der Waals surface area contributed by atoms with Crippen LogP contribution in [0.15, 0.2) is 71.7 Å². The predicted octanol–water partition coefficient (Wildman–Crippen LogP) is 4.55. The van der Waals surface area contributed by atoms with Gasteiger partial charge in [-0.1, -0.05) is 23.7 Å². The smallest absolute Gasteiger partial charge is 0.322 e. The zero-order valence-electron chi connectivity index (χ0n) is 18.1. The van der Waals surface area contributed by atoms with Crippen LogP contribution in [0.25, 0.3) is 0 Å². The van der Waals surface area contributed by atoms with Gasteiger partial charge in [-0.2, -0.15) is 0 Å². The van der Waals surface area contributed by atoms with Crippen LogP contribution in [0.1, 0.15) is 24.0 Å². The minimum atomic E-state index is -0.306. The van der Waals surface area contributed by atoms with Crippen molar-refractivity contribution in [1.82, 2.24) is 15.2 Å². The van der Waals surface area contributed by atoms with E-state index in [9.17, 15) is 14.0 Å². The molecule has 0 atom stereocenters. The van der Waals surface area contributed by atoms with Gasteiger partial charge in [0.15, 0.2) is 0 Å². The van der Waals surface area contributed by atoms with E-state index < -0.39 is 0 Å². The summed E-state index contributed by atoms with van der Waals surface area (Å²) in [6.07, 6.45) is 3.27. The van der Waals surface area contributed by atoms with Gasteiger partial charge in [-0.05, 0) is 66.4 Å². The topological polar surface area (TPSA) is 68.4 Å². The Hall–Kier alpha value is -3.16. The van der Waals surface area contributed by atoms with Crippen LogP contribution in [0.4, 0.5) is 14.9 Å². The zero-order valence-corrected chi connectivity index (χ0v) is 18.9. The van der Waals surface area contributed by atoms with E-state index in [2.05, 4.69) is 15.2 Å². The number of amides is 2. The summed E-state index contributed by atoms with van der Waals surface area (Å²) in [5.41, 5.74) is 2.48. The minimum absolute atomic E-state index is 0.0230. The Balaban J connectivity index is 1.43. The van der Waals surface area contributed by atoms with Crippen LogP contribution < -0.4 is 15.8 Å². The molecule has 1 aliphatic heterocycles. The number of aromatic amines is 1. The molecule has 33 heavy (non-hydrogen) atoms. The Morgan fingerprint density at radius 2 is 1.76 bits per heavy atom. The number of likely N-dealkylation sites (tertiary alicyclic amines) is 1. The minimum Gasteiger partial charge on any atom is -0.334 e. The molecule has 1 aromatic heterocycles. The Bertz CT molecular complexity index is 1130. The molecular formula is C25H26ClFN4O2. The third kappa shape index (κ3) is 6.21. The highest BCUT2D eigenvalue weighted by atomic mass is 35.5. The molecule has 8 heteroatoms. The van der Waals surface area contributed by atoms with E-state index in [0.29, 0.717) is 18.1 Å². The SMILES string of the molecule is O=C(NCc1ccc(F)cc1)N(c1ccc(Cl)cc1)C1CCN(Cc2cc[nH]c(=O)c2)CC1. The van der Waals surface area contributed by atoms with Crippen molar-refractivity contribution in [2.75, 3.05) is 18.0 Å². The molecule has 0 radical (unpaired) electrons. The summed E-state index contributed by atoms with van der Waals surface area (Å²) in [5.74, 6) is -0.306. The number of nitrogens with one attached hydrogen (secondary N) is 2. The first kappa shape index (κ1) is 23.0. The Morgan fingerprint density at radius 3 is 2.42 bits per heavy atom. The number of urea groups is 1. The van der Waals surface area contributed by atoms with E-state index in [4.69, 9.17) is 11.6 Å². The molecule has 1 saturated heterocycles. The van der Waals surface area contributed by atoms with Crippen LogP contribution >= 0.6 is 11.6 Å². The summed E-state index contributed by atoms with van der Waals surface area (Å²) in [5, 5.41) is 3.58. The van der Waals surface area contributed by atoms with E-state index in [1.165, 1.54) is 12.1 Å². The van der Waals surface area contributed by atoms with Crippen LogP contribution in [0.2, 0.25) is 5.02 Å². The number of nitrogens with zero attached hydrogens (tertiary/aromatic N) is 2. The fourth-order valence-electron chi connectivity index (χ4n) is 4.14. The largest absolute Gasteiger partial charge is 0.334 e. The maximum absolute atomic E-state index is 13.2. The molecule has 1 fully saturated rings. The van der Waals surface area contributed by atoms with Crippen molar-refractivity contribution in [3.05, 3.63) is 99.2 Å². The first-order valence-electron chi connectivity index (χ1n) is 10.9. The fraction of sp³-hybridized carbons (Fsp3) is 0.280. The summed E-state index contributed by atoms with van der Waals surface area (Å²) < 4.78 is 13.2. The molecule has 0 saturated carbocycles. The summed E-state index contributed by atoms with van der Waals surface area (Å²) in [4.78, 5) is 31.5. The highest BCUT2D eigenvalue weighted by Crippen LogP contribution is 2.26. The molecule has 0 unspecified atom stereocenters. The Labute approximate surface area is 197 Å². The average Bonchev–Trinajstić information content (AvgIpc) is 2.81. The highest BCUT2D eigenvalue weighted by molar-refractivity contribution is 6.30. The number of carbonyl (C=O) groups excluding carboxylic acids is 1. The number of carbonyl (C=O) groups is 1. The van der Waals surface area contributed by atoms with Crippen molar-refractivity contribution < 1.29 is 9.18 Å². The van der Waals surface area contributed by atoms with Gasteiger partial charge >= 0.3 is 6.03 Å². The standard InChI is InChI=1S/C25H26ClFN4O2/c26-20-3-7-22(8-4-20)31(25(33)29-16-18-1-5-21(27)6-2-18)23-10-13-30(14-11-23)17-19-9-12-28-24(32)15-19/h1-9,12,15,23H,10-11,13-14,16-17H2,(H,28,32)(H,29,33). The Kier molecular flexibility index (Phi) is 7.42. The third-order valence-electron chi connectivity index (χ3n) is 5.85. The van der Waals surface area contributed by atoms with E-state index >= 15 is 0 Å². The first-order valence-corrected chi connectivity index (χ1v) is 11.3. The highest BCUT2D eigenvalue weighted by Gasteiger charge is 2.29. The zero-order chi connectivity index (χ0) is 23.2. The van der Waals surface area contributed by atoms with Crippen molar-refractivity contribution in [2.45, 2.75) is 32.0 Å². The first-order chi connectivity index (χ1) is 16.0. The lowest BCUT2D eigenvalue weighted by Crippen LogP contribution is -2.50. The van der Waals surface area contributed by atoms with Crippen molar-refractivity contribution >= 4 is 23.3 Å². The van der Waals surface area contributed by atoms with Gasteiger partial charge in [-0.25, -0.2) is 9.18 Å². The van der Waals surface area contributed by atoms with Crippen LogP contribution in [0, 0.1) is 5.82 Å². The Morgan fingerprint density at radius 1 is 1.06 bits per heavy atom. The van der Waals surface area contributed by atoms with E-state index in [1.807, 2.05) is 18.2 Å². The van der Waals surface area contributed by atoms with E-state index in [-0.39, 0.29) is 23.4 Å². The number of aromatic nitrogens is 1. The number of benzene rings is 2. The van der Waals surface area contributed by atoms with Crippen LogP contribution in [-0.2, 0) is 13.1 Å². The number of hydrogen-bond donors (Lipinski definition) is 2. The molecule has 6 nitrogen and oxygen atoms in total. The molecule has 2 amide bonds. The van der Waals surface area contributed by atoms with Gasteiger partial charge in [0.25, 0.3) is 0 Å². The van der Waals surface area contributed by atoms with Gasteiger partial charge in [0, 0.05) is 55.2 Å². The monoisotopic (exact) mass is 468 g/mol. The maximum atomic E-state index is 13.2. The number of halogens is 2. The number of pyridine rings is 1. The molecule has 4 rings (SSSR count). The number of H-pyrrole nitrogens is 1. The predicted molar refractivity (Wildman–Crippen MR) is 128 cm³/mol. The van der Waals surface area contributed by atoms with Crippen LogP contribution in [0.3, 0.4) is 0 Å². The second kappa shape index (κ2) is 10.6. The molecule has 0 aliphatic carbocycles. The molecule has 0 bridgehead atoms. The average molecular weight is 469 g/mol. The number of anilines is 1. The molecule has 2 aromatic carbocycles. The fourth-order valence-corrected chi connectivity index (χ4v) is 4.27. The van der Waals surface area contributed by atoms with Crippen LogP contribution in [0.5, 0.6) is 0 Å². The molecule has 0 spiro atoms. The second-order valence-electron chi connectivity index (χ2n) is 8.20. The van der Waals surface area contributed by atoms with Crippen molar-refractivity contribution in [2.24, 2.45) is 0 Å². The molecular weight excluding hydrogens is 443 g/mol. The van der Waals surface area contributed by atoms with Gasteiger partial charge in [-0.15, -0.1) is 0 Å². The van der Waals surface area contributed by atoms with Crippen molar-refractivity contribution in [3.63, 3.8) is 0 Å². The lowest BCUT2D eigenvalue weighted by atomic mass is 10.0.